The van der Waals surface area contributed by atoms with Crippen molar-refractivity contribution in [2.75, 3.05) is 0 Å². The van der Waals surface area contributed by atoms with E-state index < -0.39 is 0 Å². The summed E-state index contributed by atoms with van der Waals surface area (Å²) in [6.07, 6.45) is 8.08. The van der Waals surface area contributed by atoms with Crippen LogP contribution in [0.2, 0.25) is 0 Å². The number of pyridine rings is 1. The molecule has 0 aliphatic carbocycles. The Morgan fingerprint density at radius 3 is 2.95 bits per heavy atom. The van der Waals surface area contributed by atoms with Crippen molar-refractivity contribution in [3.63, 3.8) is 0 Å². The molecular formula is C15H14N3S+. The van der Waals surface area contributed by atoms with Gasteiger partial charge in [-0.25, -0.2) is 4.57 Å². The summed E-state index contributed by atoms with van der Waals surface area (Å²) in [5, 5.41) is 9.27. The Hall–Kier alpha value is -2.20. The van der Waals surface area contributed by atoms with Crippen molar-refractivity contribution >= 4 is 23.5 Å². The molecule has 19 heavy (non-hydrogen) atoms. The van der Waals surface area contributed by atoms with Gasteiger partial charge >= 0.3 is 0 Å². The Bertz CT molecular complexity index is 696. The van der Waals surface area contributed by atoms with Crippen molar-refractivity contribution in [1.82, 2.24) is 10.2 Å². The van der Waals surface area contributed by atoms with E-state index in [1.54, 1.807) is 11.3 Å². The zero-order valence-corrected chi connectivity index (χ0v) is 11.4. The molecule has 0 spiro atoms. The number of aromatic nitrogens is 3. The van der Waals surface area contributed by atoms with E-state index in [9.17, 15) is 0 Å². The van der Waals surface area contributed by atoms with Gasteiger partial charge in [0, 0.05) is 23.8 Å². The van der Waals surface area contributed by atoms with Gasteiger partial charge in [-0.2, -0.15) is 5.10 Å². The topological polar surface area (TPSA) is 32.6 Å². The standard InChI is InChI=1S/C15H13N3S/c1-18-9-3-2-5-13(18)8-7-12-11-16-17-15(12)14-6-4-10-19-14/h2-11H,1H3/p+1. The molecular weight excluding hydrogens is 254 g/mol. The van der Waals surface area contributed by atoms with Crippen LogP contribution in [0.3, 0.4) is 0 Å². The molecule has 0 aromatic carbocycles. The van der Waals surface area contributed by atoms with Crippen molar-refractivity contribution in [3.05, 3.63) is 59.4 Å². The molecule has 94 valence electrons. The maximum Gasteiger partial charge on any atom is 0.204 e. The van der Waals surface area contributed by atoms with Gasteiger partial charge in [-0.15, -0.1) is 11.3 Å². The molecule has 0 amide bonds. The molecule has 0 aliphatic rings. The molecule has 0 saturated carbocycles. The monoisotopic (exact) mass is 268 g/mol. The number of nitrogens with one attached hydrogen (secondary N) is 1. The molecule has 3 heterocycles. The molecule has 3 nitrogen and oxygen atoms in total. The smallest absolute Gasteiger partial charge is 0.204 e. The van der Waals surface area contributed by atoms with Crippen molar-refractivity contribution in [2.45, 2.75) is 0 Å². The summed E-state index contributed by atoms with van der Waals surface area (Å²) in [5.74, 6) is 0. The highest BCUT2D eigenvalue weighted by molar-refractivity contribution is 7.13. The second-order valence-electron chi connectivity index (χ2n) is 4.25. The van der Waals surface area contributed by atoms with Gasteiger partial charge in [0.2, 0.25) is 5.69 Å². The average Bonchev–Trinajstić information content (AvgIpc) is 3.08. The first-order valence-electron chi connectivity index (χ1n) is 6.04. The van der Waals surface area contributed by atoms with Gasteiger partial charge in [-0.3, -0.25) is 5.10 Å². The number of rotatable bonds is 3. The predicted molar refractivity (Wildman–Crippen MR) is 78.4 cm³/mol. The van der Waals surface area contributed by atoms with E-state index in [1.165, 1.54) is 4.88 Å². The molecule has 3 aromatic heterocycles. The van der Waals surface area contributed by atoms with Crippen molar-refractivity contribution in [1.29, 1.82) is 0 Å². The molecule has 0 saturated heterocycles. The van der Waals surface area contributed by atoms with Crippen LogP contribution >= 0.6 is 11.3 Å². The quantitative estimate of drug-likeness (QED) is 0.727. The Labute approximate surface area is 115 Å². The van der Waals surface area contributed by atoms with E-state index in [0.717, 1.165) is 17.0 Å². The van der Waals surface area contributed by atoms with E-state index in [4.69, 9.17) is 0 Å². The number of hydrogen-bond donors (Lipinski definition) is 1. The van der Waals surface area contributed by atoms with Crippen LogP contribution < -0.4 is 4.57 Å². The Morgan fingerprint density at radius 2 is 2.16 bits per heavy atom. The van der Waals surface area contributed by atoms with Crippen LogP contribution in [-0.4, -0.2) is 10.2 Å². The van der Waals surface area contributed by atoms with E-state index in [0.29, 0.717) is 0 Å². The molecule has 0 bridgehead atoms. The normalized spacial score (nSPS) is 11.2. The minimum Gasteiger partial charge on any atom is -0.276 e. The summed E-state index contributed by atoms with van der Waals surface area (Å²) in [6.45, 7) is 0. The van der Waals surface area contributed by atoms with Crippen LogP contribution in [0.25, 0.3) is 22.7 Å². The van der Waals surface area contributed by atoms with Crippen LogP contribution in [0.4, 0.5) is 0 Å². The molecule has 4 heteroatoms. The third-order valence-corrected chi connectivity index (χ3v) is 3.85. The van der Waals surface area contributed by atoms with Crippen molar-refractivity contribution in [2.24, 2.45) is 7.05 Å². The fourth-order valence-electron chi connectivity index (χ4n) is 1.92. The Balaban J connectivity index is 1.93. The number of H-pyrrole nitrogens is 1. The summed E-state index contributed by atoms with van der Waals surface area (Å²) in [6, 6.07) is 10.3. The van der Waals surface area contributed by atoms with E-state index in [-0.39, 0.29) is 0 Å². The van der Waals surface area contributed by atoms with Crippen LogP contribution in [0, 0.1) is 0 Å². The van der Waals surface area contributed by atoms with Gasteiger partial charge in [0.1, 0.15) is 7.05 Å². The number of nitrogens with zero attached hydrogens (tertiary/aromatic N) is 2. The highest BCUT2D eigenvalue weighted by atomic mass is 32.1. The second-order valence-corrected chi connectivity index (χ2v) is 5.20. The van der Waals surface area contributed by atoms with Crippen LogP contribution in [0.5, 0.6) is 0 Å². The average molecular weight is 268 g/mol. The summed E-state index contributed by atoms with van der Waals surface area (Å²) in [5.41, 5.74) is 3.33. The lowest BCUT2D eigenvalue weighted by atomic mass is 10.2. The lowest BCUT2D eigenvalue weighted by Crippen LogP contribution is -2.30. The minimum atomic E-state index is 1.07. The number of aromatic amines is 1. The molecule has 3 rings (SSSR count). The van der Waals surface area contributed by atoms with E-state index >= 15 is 0 Å². The number of hydrogen-bond acceptors (Lipinski definition) is 2. The van der Waals surface area contributed by atoms with Crippen molar-refractivity contribution < 1.29 is 4.57 Å². The van der Waals surface area contributed by atoms with Gasteiger partial charge in [-0.05, 0) is 23.6 Å². The van der Waals surface area contributed by atoms with Crippen LogP contribution in [0.15, 0.2) is 48.1 Å². The first-order valence-corrected chi connectivity index (χ1v) is 6.92. The summed E-state index contributed by atoms with van der Waals surface area (Å²) in [4.78, 5) is 1.20. The highest BCUT2D eigenvalue weighted by Crippen LogP contribution is 2.26. The maximum absolute atomic E-state index is 4.14. The fourth-order valence-corrected chi connectivity index (χ4v) is 2.67. The molecule has 0 fully saturated rings. The van der Waals surface area contributed by atoms with Crippen molar-refractivity contribution in [3.8, 4) is 10.6 Å². The largest absolute Gasteiger partial charge is 0.276 e. The molecule has 0 radical (unpaired) electrons. The fraction of sp³-hybridized carbons (Fsp3) is 0.0667. The second kappa shape index (κ2) is 5.20. The SMILES string of the molecule is C[n+]1ccccc1/C=C/c1cn[nH]c1-c1cccs1. The van der Waals surface area contributed by atoms with Gasteiger partial charge in [0.25, 0.3) is 0 Å². The maximum atomic E-state index is 4.14. The lowest BCUT2D eigenvalue weighted by molar-refractivity contribution is -0.673. The Kier molecular flexibility index (Phi) is 3.25. The van der Waals surface area contributed by atoms with Crippen LogP contribution in [-0.2, 0) is 7.05 Å². The zero-order chi connectivity index (χ0) is 13.1. The molecule has 0 aliphatic heterocycles. The van der Waals surface area contributed by atoms with Gasteiger partial charge in [0.05, 0.1) is 16.8 Å². The van der Waals surface area contributed by atoms with E-state index in [1.807, 2.05) is 37.6 Å². The number of aryl methyl sites for hydroxylation is 1. The molecule has 1 N–H and O–H groups in total. The number of thiophene rings is 1. The first-order chi connectivity index (χ1) is 9.34. The third kappa shape index (κ3) is 2.48. The highest BCUT2D eigenvalue weighted by Gasteiger charge is 2.06. The van der Waals surface area contributed by atoms with Gasteiger partial charge in [-0.1, -0.05) is 6.07 Å². The first kappa shape index (κ1) is 11.9. The van der Waals surface area contributed by atoms with Crippen LogP contribution in [0.1, 0.15) is 11.3 Å². The van der Waals surface area contributed by atoms with E-state index in [2.05, 4.69) is 44.4 Å². The molecule has 3 aromatic rings. The third-order valence-electron chi connectivity index (χ3n) is 2.96. The summed E-state index contributed by atoms with van der Waals surface area (Å²) < 4.78 is 2.08. The summed E-state index contributed by atoms with van der Waals surface area (Å²) in [7, 11) is 2.04. The zero-order valence-electron chi connectivity index (χ0n) is 10.6. The predicted octanol–water partition coefficient (Wildman–Crippen LogP) is 3.13. The minimum absolute atomic E-state index is 1.07. The summed E-state index contributed by atoms with van der Waals surface area (Å²) >= 11 is 1.71. The van der Waals surface area contributed by atoms with Gasteiger partial charge < -0.3 is 0 Å². The lowest BCUT2D eigenvalue weighted by Gasteiger charge is -1.95. The van der Waals surface area contributed by atoms with Gasteiger partial charge in [0.15, 0.2) is 6.20 Å². The Morgan fingerprint density at radius 1 is 1.21 bits per heavy atom. The molecule has 0 atom stereocenters. The molecule has 0 unspecified atom stereocenters.